The van der Waals surface area contributed by atoms with Crippen LogP contribution in [0.4, 0.5) is 0 Å². The molecule has 0 aliphatic carbocycles. The molecule has 0 aliphatic rings. The van der Waals surface area contributed by atoms with Crippen molar-refractivity contribution in [3.8, 4) is 0 Å². The van der Waals surface area contributed by atoms with Gasteiger partial charge in [-0.3, -0.25) is 9.59 Å². The molecule has 0 aliphatic heterocycles. The minimum atomic E-state index is -0.804. The van der Waals surface area contributed by atoms with Crippen molar-refractivity contribution in [1.82, 2.24) is 0 Å². The minimum Gasteiger partial charge on any atom is -0.616 e. The average Bonchev–Trinajstić information content (AvgIpc) is 2.99. The van der Waals surface area contributed by atoms with Crippen LogP contribution in [0.3, 0.4) is 0 Å². The van der Waals surface area contributed by atoms with Crippen LogP contribution in [-0.2, 0) is 31.9 Å². The Labute approximate surface area is 309 Å². The summed E-state index contributed by atoms with van der Waals surface area (Å²) < 4.78 is 24.1. The van der Waals surface area contributed by atoms with Crippen molar-refractivity contribution < 1.29 is 28.9 Å². The highest BCUT2D eigenvalue weighted by Crippen LogP contribution is 2.23. The Balaban J connectivity index is 3.36. The molecule has 0 aromatic rings. The summed E-state index contributed by atoms with van der Waals surface area (Å²) in [6, 6.07) is 0. The molecule has 2 N–H and O–H groups in total. The lowest BCUT2D eigenvalue weighted by atomic mass is 10.5. The van der Waals surface area contributed by atoms with Crippen molar-refractivity contribution in [1.29, 1.82) is 0 Å². The van der Waals surface area contributed by atoms with E-state index in [1.165, 1.54) is 23.5 Å². The van der Waals surface area contributed by atoms with E-state index in [2.05, 4.69) is 0 Å². The number of hydrogen-bond donors (Lipinski definition) is 2. The maximum atomic E-state index is 12.2. The Morgan fingerprint density at radius 1 is 0.488 bits per heavy atom. The lowest BCUT2D eigenvalue weighted by Gasteiger charge is -2.10. The summed E-state index contributed by atoms with van der Waals surface area (Å²) in [5, 5.41) is 22.1. The fourth-order valence-corrected chi connectivity index (χ4v) is 16.3. The molecule has 256 valence electrons. The maximum absolute atomic E-state index is 12.2. The Morgan fingerprint density at radius 3 is 1.65 bits per heavy atom. The zero-order valence-corrected chi connectivity index (χ0v) is 34.5. The van der Waals surface area contributed by atoms with Crippen molar-refractivity contribution in [2.75, 3.05) is 108 Å². The van der Waals surface area contributed by atoms with Gasteiger partial charge in [0.05, 0.1) is 13.2 Å². The van der Waals surface area contributed by atoms with Crippen molar-refractivity contribution in [2.45, 2.75) is 25.7 Å². The normalized spacial score (nSPS) is 12.9. The molecule has 0 aromatic heterocycles. The van der Waals surface area contributed by atoms with Crippen LogP contribution in [-0.4, -0.2) is 137 Å². The van der Waals surface area contributed by atoms with Crippen LogP contribution in [0, 0.1) is 0 Å². The fraction of sp³-hybridized carbons (Fsp3) is 0.920. The SMILES string of the molecule is O=C(CCSCSCCC[S+]([O-])CSCSCSC(=O)CCSCSCCC[S+]([O-])CCSCCO)SCCSCCO. The lowest BCUT2D eigenvalue weighted by molar-refractivity contribution is -0.111. The van der Waals surface area contributed by atoms with Crippen LogP contribution in [0.1, 0.15) is 25.7 Å². The van der Waals surface area contributed by atoms with Gasteiger partial charge in [-0.05, 0) is 22.7 Å². The van der Waals surface area contributed by atoms with E-state index in [0.717, 1.165) is 96.5 Å². The molecule has 0 amide bonds. The number of carbonyl (C=O) groups is 2. The van der Waals surface area contributed by atoms with Gasteiger partial charge in [0.2, 0.25) is 0 Å². The number of aliphatic hydroxyl groups is 2. The predicted octanol–water partition coefficient (Wildman–Crippen LogP) is 6.20. The highest BCUT2D eigenvalue weighted by Gasteiger charge is 2.09. The molecule has 0 spiro atoms. The Hall–Kier alpha value is 3.38. The smallest absolute Gasteiger partial charge is 0.190 e. The number of hydrogen-bond acceptors (Lipinski definition) is 16. The van der Waals surface area contributed by atoms with Crippen molar-refractivity contribution in [3.05, 3.63) is 0 Å². The van der Waals surface area contributed by atoms with Crippen LogP contribution in [0.5, 0.6) is 0 Å². The molecule has 0 fully saturated rings. The first-order valence-electron chi connectivity index (χ1n) is 13.8. The molecule has 0 bridgehead atoms. The van der Waals surface area contributed by atoms with Crippen LogP contribution in [0.15, 0.2) is 0 Å². The van der Waals surface area contributed by atoms with Gasteiger partial charge >= 0.3 is 0 Å². The quantitative estimate of drug-likeness (QED) is 0.0435. The van der Waals surface area contributed by atoms with E-state index < -0.39 is 22.4 Å². The van der Waals surface area contributed by atoms with E-state index in [1.54, 1.807) is 70.6 Å². The van der Waals surface area contributed by atoms with E-state index in [4.69, 9.17) is 10.2 Å². The second-order valence-electron chi connectivity index (χ2n) is 8.24. The van der Waals surface area contributed by atoms with Gasteiger partial charge in [-0.1, -0.05) is 46.5 Å². The average molecular weight is 829 g/mol. The van der Waals surface area contributed by atoms with E-state index in [1.807, 2.05) is 23.5 Å². The zero-order valence-electron chi connectivity index (χ0n) is 24.7. The Kier molecular flexibility index (Phi) is 41.2. The van der Waals surface area contributed by atoms with Crippen molar-refractivity contribution in [2.24, 2.45) is 0 Å². The van der Waals surface area contributed by atoms with Gasteiger partial charge in [0.25, 0.3) is 0 Å². The molecule has 2 unspecified atom stereocenters. The Bertz CT molecular complexity index is 629. The largest absolute Gasteiger partial charge is 0.616 e. The van der Waals surface area contributed by atoms with Gasteiger partial charge in [-0.25, -0.2) is 0 Å². The number of aliphatic hydroxyl groups excluding tert-OH is 2. The van der Waals surface area contributed by atoms with Crippen molar-refractivity contribution >= 4 is 150 Å². The molecule has 43 heavy (non-hydrogen) atoms. The number of thioether (sulfide) groups is 10. The second-order valence-corrected chi connectivity index (χ2v) is 24.4. The van der Waals surface area contributed by atoms with E-state index in [9.17, 15) is 18.7 Å². The summed E-state index contributed by atoms with van der Waals surface area (Å²) in [6.07, 6.45) is 3.09. The fourth-order valence-electron chi connectivity index (χ4n) is 2.64. The lowest BCUT2D eigenvalue weighted by Crippen LogP contribution is -2.14. The van der Waals surface area contributed by atoms with Gasteiger partial charge in [-0.2, -0.15) is 70.6 Å². The molecule has 0 radical (unpaired) electrons. The van der Waals surface area contributed by atoms with Gasteiger partial charge in [0, 0.05) is 86.3 Å². The maximum Gasteiger partial charge on any atom is 0.190 e. The highest BCUT2D eigenvalue weighted by atomic mass is 32.3. The molecule has 0 rings (SSSR count). The summed E-state index contributed by atoms with van der Waals surface area (Å²) in [7, 11) is 0. The molecule has 0 saturated carbocycles. The third-order valence-electron chi connectivity index (χ3n) is 4.66. The summed E-state index contributed by atoms with van der Waals surface area (Å²) in [5.41, 5.74) is 0. The molecule has 6 nitrogen and oxygen atoms in total. The molecule has 18 heteroatoms. The summed E-state index contributed by atoms with van der Waals surface area (Å²) >= 11 is 15.2. The van der Waals surface area contributed by atoms with Gasteiger partial charge in [0.15, 0.2) is 15.3 Å². The minimum absolute atomic E-state index is 0.182. The van der Waals surface area contributed by atoms with E-state index >= 15 is 0 Å². The van der Waals surface area contributed by atoms with Crippen LogP contribution >= 0.6 is 118 Å². The molecular weight excluding hydrogens is 781 g/mol. The molecule has 0 heterocycles. The van der Waals surface area contributed by atoms with Gasteiger partial charge < -0.3 is 19.3 Å². The molecule has 2 atom stereocenters. The van der Waals surface area contributed by atoms with Crippen molar-refractivity contribution in [3.63, 3.8) is 0 Å². The second kappa shape index (κ2) is 38.2. The third kappa shape index (κ3) is 38.0. The zero-order chi connectivity index (χ0) is 31.6. The van der Waals surface area contributed by atoms with E-state index in [0.29, 0.717) is 23.7 Å². The van der Waals surface area contributed by atoms with Crippen LogP contribution in [0.25, 0.3) is 0 Å². The molecular formula is C25H48O6S12. The first-order chi connectivity index (χ1) is 21.0. The van der Waals surface area contributed by atoms with Gasteiger partial charge in [0.1, 0.15) is 17.3 Å². The Morgan fingerprint density at radius 2 is 1.02 bits per heavy atom. The summed E-state index contributed by atoms with van der Waals surface area (Å²) in [4.78, 5) is 23.9. The van der Waals surface area contributed by atoms with Crippen LogP contribution in [0.2, 0.25) is 0 Å². The summed E-state index contributed by atoms with van der Waals surface area (Å²) in [6.45, 7) is 0.377. The predicted molar refractivity (Wildman–Crippen MR) is 218 cm³/mol. The standard InChI is InChI=1S/C25H48O6S12/c26-5-11-32-13-14-40-24(28)3-9-36-20-35-8-2-17-43(31)23-39-21-38-22-41-25(29)4-10-37-19-34-7-1-16-42(30)18-15-33-12-6-27/h26-27H,1-23H2. The third-order valence-corrected chi connectivity index (χ3v) is 19.7. The van der Waals surface area contributed by atoms with Gasteiger partial charge in [-0.15, -0.1) is 11.8 Å². The highest BCUT2D eigenvalue weighted by molar-refractivity contribution is 8.28. The first-order valence-corrected chi connectivity index (χ1v) is 28.0. The molecule has 0 saturated heterocycles. The summed E-state index contributed by atoms with van der Waals surface area (Å²) in [5.74, 6) is 9.90. The van der Waals surface area contributed by atoms with Crippen LogP contribution < -0.4 is 0 Å². The molecule has 0 aromatic carbocycles. The monoisotopic (exact) mass is 828 g/mol. The topological polar surface area (TPSA) is 121 Å². The van der Waals surface area contributed by atoms with E-state index in [-0.39, 0.29) is 23.4 Å². The number of rotatable bonds is 34. The number of carbonyl (C=O) groups excluding carboxylic acids is 2. The first kappa shape index (κ1) is 46.4.